The molecule has 24 heavy (non-hydrogen) atoms. The smallest absolute Gasteiger partial charge is 0.332 e. The molecule has 0 rings (SSSR count). The molecule has 0 fully saturated rings. The quantitative estimate of drug-likeness (QED) is 0.264. The Balaban J connectivity index is 3.04. The summed E-state index contributed by atoms with van der Waals surface area (Å²) in [6.45, 7) is 2.81. The Kier molecular flexibility index (Phi) is 19.9. The standard InChI is InChI=1S/C20H40O4/c1-2-3-4-5-6-7-8-9-10-11-12-13-14-15-17-23-19-20(22)24-18-16-21/h21H,2-19H2,1H3. The summed E-state index contributed by atoms with van der Waals surface area (Å²) in [6, 6.07) is 0. The van der Waals surface area contributed by atoms with Gasteiger partial charge in [-0.2, -0.15) is 0 Å². The number of aliphatic hydroxyl groups excluding tert-OH is 1. The van der Waals surface area contributed by atoms with Crippen LogP contribution in [-0.2, 0) is 14.3 Å². The number of carbonyl (C=O) groups excluding carboxylic acids is 1. The van der Waals surface area contributed by atoms with Crippen LogP contribution in [0.3, 0.4) is 0 Å². The highest BCUT2D eigenvalue weighted by Gasteiger charge is 2.01. The van der Waals surface area contributed by atoms with Crippen molar-refractivity contribution in [1.82, 2.24) is 0 Å². The summed E-state index contributed by atoms with van der Waals surface area (Å²) in [5.41, 5.74) is 0. The minimum Gasteiger partial charge on any atom is -0.462 e. The van der Waals surface area contributed by atoms with Crippen molar-refractivity contribution in [1.29, 1.82) is 0 Å². The number of rotatable bonds is 19. The topological polar surface area (TPSA) is 55.8 Å². The molecule has 0 aliphatic rings. The largest absolute Gasteiger partial charge is 0.462 e. The maximum atomic E-state index is 11.1. The lowest BCUT2D eigenvalue weighted by Gasteiger charge is -2.05. The summed E-state index contributed by atoms with van der Waals surface area (Å²) in [6.07, 6.45) is 18.7. The summed E-state index contributed by atoms with van der Waals surface area (Å²) < 4.78 is 9.94. The van der Waals surface area contributed by atoms with Gasteiger partial charge in [-0.15, -0.1) is 0 Å². The molecule has 0 saturated heterocycles. The maximum Gasteiger partial charge on any atom is 0.332 e. The molecule has 4 heteroatoms. The van der Waals surface area contributed by atoms with Crippen LogP contribution in [0.25, 0.3) is 0 Å². The summed E-state index contributed by atoms with van der Waals surface area (Å²) in [4.78, 5) is 11.1. The fraction of sp³-hybridized carbons (Fsp3) is 0.950. The van der Waals surface area contributed by atoms with E-state index in [9.17, 15) is 4.79 Å². The van der Waals surface area contributed by atoms with Crippen LogP contribution in [0.1, 0.15) is 96.8 Å². The van der Waals surface area contributed by atoms with Gasteiger partial charge in [0.15, 0.2) is 0 Å². The van der Waals surface area contributed by atoms with Crippen molar-refractivity contribution in [3.8, 4) is 0 Å². The maximum absolute atomic E-state index is 11.1. The van der Waals surface area contributed by atoms with Gasteiger partial charge in [-0.1, -0.05) is 90.4 Å². The molecule has 0 aromatic carbocycles. The van der Waals surface area contributed by atoms with Crippen molar-refractivity contribution in [3.05, 3.63) is 0 Å². The van der Waals surface area contributed by atoms with E-state index < -0.39 is 5.97 Å². The second-order valence-corrected chi connectivity index (χ2v) is 6.59. The fourth-order valence-electron chi connectivity index (χ4n) is 2.76. The highest BCUT2D eigenvalue weighted by atomic mass is 16.6. The first kappa shape index (κ1) is 23.4. The van der Waals surface area contributed by atoms with Crippen molar-refractivity contribution in [2.24, 2.45) is 0 Å². The monoisotopic (exact) mass is 344 g/mol. The number of esters is 1. The van der Waals surface area contributed by atoms with Crippen molar-refractivity contribution in [2.75, 3.05) is 26.4 Å². The van der Waals surface area contributed by atoms with Crippen LogP contribution < -0.4 is 0 Å². The first-order valence-corrected chi connectivity index (χ1v) is 10.2. The molecule has 4 nitrogen and oxygen atoms in total. The van der Waals surface area contributed by atoms with Crippen molar-refractivity contribution < 1.29 is 19.4 Å². The Bertz CT molecular complexity index is 256. The van der Waals surface area contributed by atoms with E-state index in [0.29, 0.717) is 6.61 Å². The number of carbonyl (C=O) groups is 1. The SMILES string of the molecule is CCCCCCCCCCCCCCCCOCC(=O)OCCO. The van der Waals surface area contributed by atoms with Gasteiger partial charge >= 0.3 is 5.97 Å². The second-order valence-electron chi connectivity index (χ2n) is 6.59. The van der Waals surface area contributed by atoms with E-state index >= 15 is 0 Å². The van der Waals surface area contributed by atoms with Crippen LogP contribution in [0, 0.1) is 0 Å². The van der Waals surface area contributed by atoms with E-state index in [1.54, 1.807) is 0 Å². The van der Waals surface area contributed by atoms with Crippen LogP contribution in [-0.4, -0.2) is 37.5 Å². The Morgan fingerprint density at radius 2 is 1.17 bits per heavy atom. The highest BCUT2D eigenvalue weighted by molar-refractivity contribution is 5.70. The highest BCUT2D eigenvalue weighted by Crippen LogP contribution is 2.12. The third-order valence-electron chi connectivity index (χ3n) is 4.22. The minimum absolute atomic E-state index is 0.00154. The Labute approximate surface area is 149 Å². The van der Waals surface area contributed by atoms with Crippen molar-refractivity contribution in [3.63, 3.8) is 0 Å². The molecule has 1 N–H and O–H groups in total. The zero-order valence-corrected chi connectivity index (χ0v) is 15.9. The van der Waals surface area contributed by atoms with E-state index in [1.165, 1.54) is 83.5 Å². The zero-order chi connectivity index (χ0) is 17.7. The molecule has 0 unspecified atom stereocenters. The van der Waals surface area contributed by atoms with Crippen LogP contribution in [0.5, 0.6) is 0 Å². The molecular formula is C20H40O4. The van der Waals surface area contributed by atoms with Gasteiger partial charge in [-0.3, -0.25) is 0 Å². The average molecular weight is 345 g/mol. The third kappa shape index (κ3) is 19.4. The number of ether oxygens (including phenoxy) is 2. The van der Waals surface area contributed by atoms with Gasteiger partial charge < -0.3 is 14.6 Å². The van der Waals surface area contributed by atoms with E-state index in [4.69, 9.17) is 14.6 Å². The molecule has 0 aromatic heterocycles. The van der Waals surface area contributed by atoms with E-state index in [1.807, 2.05) is 0 Å². The zero-order valence-electron chi connectivity index (χ0n) is 15.9. The molecule has 0 aliphatic heterocycles. The first-order valence-electron chi connectivity index (χ1n) is 10.2. The lowest BCUT2D eigenvalue weighted by Crippen LogP contribution is -2.15. The van der Waals surface area contributed by atoms with Crippen LogP contribution >= 0.6 is 0 Å². The number of hydrogen-bond acceptors (Lipinski definition) is 4. The number of aliphatic hydroxyl groups is 1. The van der Waals surface area contributed by atoms with Crippen LogP contribution in [0.2, 0.25) is 0 Å². The van der Waals surface area contributed by atoms with Gasteiger partial charge in [0.1, 0.15) is 13.2 Å². The Morgan fingerprint density at radius 1 is 0.708 bits per heavy atom. The summed E-state index contributed by atoms with van der Waals surface area (Å²) in [7, 11) is 0. The van der Waals surface area contributed by atoms with Gasteiger partial charge in [-0.05, 0) is 6.42 Å². The number of unbranched alkanes of at least 4 members (excludes halogenated alkanes) is 13. The fourth-order valence-corrected chi connectivity index (χ4v) is 2.76. The van der Waals surface area contributed by atoms with Crippen molar-refractivity contribution >= 4 is 5.97 Å². The summed E-state index contributed by atoms with van der Waals surface area (Å²) in [5.74, 6) is -0.394. The molecule has 0 amide bonds. The molecule has 0 atom stereocenters. The van der Waals surface area contributed by atoms with Gasteiger partial charge in [0, 0.05) is 6.61 Å². The lowest BCUT2D eigenvalue weighted by atomic mass is 10.0. The van der Waals surface area contributed by atoms with Gasteiger partial charge in [0.05, 0.1) is 6.61 Å². The molecule has 0 bridgehead atoms. The summed E-state index contributed by atoms with van der Waals surface area (Å²) in [5, 5.41) is 8.51. The molecular weight excluding hydrogens is 304 g/mol. The molecule has 144 valence electrons. The van der Waals surface area contributed by atoms with Crippen molar-refractivity contribution in [2.45, 2.75) is 96.8 Å². The second kappa shape index (κ2) is 20.4. The molecule has 0 aromatic rings. The Hall–Kier alpha value is -0.610. The molecule has 0 spiro atoms. The minimum atomic E-state index is -0.394. The molecule has 0 aliphatic carbocycles. The van der Waals surface area contributed by atoms with Gasteiger partial charge in [0.2, 0.25) is 0 Å². The average Bonchev–Trinajstić information content (AvgIpc) is 2.59. The van der Waals surface area contributed by atoms with E-state index in [-0.39, 0.29) is 19.8 Å². The first-order chi connectivity index (χ1) is 11.8. The summed E-state index contributed by atoms with van der Waals surface area (Å²) >= 11 is 0. The van der Waals surface area contributed by atoms with Crippen LogP contribution in [0.15, 0.2) is 0 Å². The Morgan fingerprint density at radius 3 is 1.62 bits per heavy atom. The molecule has 0 saturated carbocycles. The van der Waals surface area contributed by atoms with Gasteiger partial charge in [-0.25, -0.2) is 4.79 Å². The van der Waals surface area contributed by atoms with Crippen LogP contribution in [0.4, 0.5) is 0 Å². The van der Waals surface area contributed by atoms with E-state index in [0.717, 1.165) is 6.42 Å². The normalized spacial score (nSPS) is 10.9. The van der Waals surface area contributed by atoms with E-state index in [2.05, 4.69) is 6.92 Å². The predicted molar refractivity (Wildman–Crippen MR) is 99.2 cm³/mol. The molecule has 0 radical (unpaired) electrons. The lowest BCUT2D eigenvalue weighted by molar-refractivity contribution is -0.149. The molecule has 0 heterocycles. The number of hydrogen-bond donors (Lipinski definition) is 1. The third-order valence-corrected chi connectivity index (χ3v) is 4.22. The van der Waals surface area contributed by atoms with Gasteiger partial charge in [0.25, 0.3) is 0 Å². The predicted octanol–water partition coefficient (Wildman–Crippen LogP) is 5.02.